The third kappa shape index (κ3) is 5.81. The summed E-state index contributed by atoms with van der Waals surface area (Å²) in [5, 5.41) is 0.819. The summed E-state index contributed by atoms with van der Waals surface area (Å²) in [5.74, 6) is 1.10. The maximum absolute atomic E-state index is 13.1. The van der Waals surface area contributed by atoms with Gasteiger partial charge in [0.25, 0.3) is 0 Å². The van der Waals surface area contributed by atoms with E-state index in [0.29, 0.717) is 13.0 Å². The molecule has 0 atom stereocenters. The number of hydrogen-bond donors (Lipinski definition) is 0. The molecule has 0 radical (unpaired) electrons. The predicted octanol–water partition coefficient (Wildman–Crippen LogP) is 5.38. The van der Waals surface area contributed by atoms with Crippen LogP contribution in [0.2, 0.25) is 0 Å². The molecule has 1 aromatic heterocycles. The molecule has 0 bridgehead atoms. The van der Waals surface area contributed by atoms with E-state index in [9.17, 15) is 4.79 Å². The fourth-order valence-corrected chi connectivity index (χ4v) is 5.08. The lowest BCUT2D eigenvalue weighted by molar-refractivity contribution is -0.118. The summed E-state index contributed by atoms with van der Waals surface area (Å²) < 4.78 is 1.18. The minimum atomic E-state index is 0.162. The number of hydrogen-bond acceptors (Lipinski definition) is 5. The highest BCUT2D eigenvalue weighted by atomic mass is 32.2. The molecule has 0 aliphatic rings. The van der Waals surface area contributed by atoms with Crippen LogP contribution in [0.5, 0.6) is 0 Å². The van der Waals surface area contributed by atoms with Crippen LogP contribution in [0.15, 0.2) is 47.4 Å². The van der Waals surface area contributed by atoms with Gasteiger partial charge in [0.1, 0.15) is 0 Å². The number of fused-ring (bicyclic) bond motifs is 1. The standard InChI is InChI=1S/C23H29N3OS2/c1-17-12-13-18(2)22-21(17)24-23(29-22)26(15-14-25(3)4)20(27)11-8-16-28-19-9-6-5-7-10-19/h5-7,9-10,12-13H,8,11,14-16H2,1-4H3. The molecule has 2 aromatic carbocycles. The highest BCUT2D eigenvalue weighted by molar-refractivity contribution is 7.99. The van der Waals surface area contributed by atoms with Gasteiger partial charge in [-0.05, 0) is 63.4 Å². The van der Waals surface area contributed by atoms with E-state index in [-0.39, 0.29) is 5.91 Å². The van der Waals surface area contributed by atoms with Gasteiger partial charge in [-0.2, -0.15) is 0 Å². The van der Waals surface area contributed by atoms with E-state index in [1.807, 2.05) is 37.2 Å². The first-order valence-corrected chi connectivity index (χ1v) is 11.8. The second kappa shape index (κ2) is 10.2. The number of carbonyl (C=O) groups excluding carboxylic acids is 1. The SMILES string of the molecule is Cc1ccc(C)c2sc(N(CCN(C)C)C(=O)CCCSc3ccccc3)nc12. The number of benzene rings is 2. The Kier molecular flexibility index (Phi) is 7.70. The summed E-state index contributed by atoms with van der Waals surface area (Å²) in [4.78, 5) is 23.2. The van der Waals surface area contributed by atoms with Gasteiger partial charge in [-0.25, -0.2) is 4.98 Å². The van der Waals surface area contributed by atoms with E-state index in [0.717, 1.165) is 34.9 Å². The molecule has 0 fully saturated rings. The highest BCUT2D eigenvalue weighted by Crippen LogP contribution is 2.33. The second-order valence-electron chi connectivity index (χ2n) is 7.49. The molecule has 0 saturated carbocycles. The van der Waals surface area contributed by atoms with Gasteiger partial charge < -0.3 is 4.90 Å². The average molecular weight is 428 g/mol. The van der Waals surface area contributed by atoms with Crippen molar-refractivity contribution in [3.63, 3.8) is 0 Å². The van der Waals surface area contributed by atoms with Crippen LogP contribution in [0.3, 0.4) is 0 Å². The first-order chi connectivity index (χ1) is 14.0. The molecule has 1 amide bonds. The number of thioether (sulfide) groups is 1. The minimum absolute atomic E-state index is 0.162. The van der Waals surface area contributed by atoms with Crippen LogP contribution < -0.4 is 4.90 Å². The lowest BCUT2D eigenvalue weighted by atomic mass is 10.1. The zero-order valence-corrected chi connectivity index (χ0v) is 19.3. The van der Waals surface area contributed by atoms with Crippen LogP contribution in [0, 0.1) is 13.8 Å². The van der Waals surface area contributed by atoms with Crippen LogP contribution in [-0.2, 0) is 4.79 Å². The van der Waals surface area contributed by atoms with E-state index in [1.54, 1.807) is 23.1 Å². The molecule has 0 saturated heterocycles. The molecule has 0 aliphatic heterocycles. The molecule has 0 unspecified atom stereocenters. The Bertz CT molecular complexity index is 914. The van der Waals surface area contributed by atoms with Gasteiger partial charge in [-0.15, -0.1) is 11.8 Å². The zero-order valence-electron chi connectivity index (χ0n) is 17.6. The van der Waals surface area contributed by atoms with Crippen molar-refractivity contribution >= 4 is 44.4 Å². The number of amides is 1. The van der Waals surface area contributed by atoms with Crippen LogP contribution >= 0.6 is 23.1 Å². The maximum Gasteiger partial charge on any atom is 0.228 e. The quantitative estimate of drug-likeness (QED) is 0.339. The third-order valence-corrected chi connectivity index (χ3v) is 7.09. The van der Waals surface area contributed by atoms with Crippen molar-refractivity contribution in [1.82, 2.24) is 9.88 Å². The van der Waals surface area contributed by atoms with Crippen molar-refractivity contribution < 1.29 is 4.79 Å². The highest BCUT2D eigenvalue weighted by Gasteiger charge is 2.20. The minimum Gasteiger partial charge on any atom is -0.308 e. The number of anilines is 1. The summed E-state index contributed by atoms with van der Waals surface area (Å²) in [6.45, 7) is 5.67. The Hall–Kier alpha value is -1.89. The molecule has 1 heterocycles. The molecule has 4 nitrogen and oxygen atoms in total. The first kappa shape index (κ1) is 21.8. The number of aromatic nitrogens is 1. The van der Waals surface area contributed by atoms with Crippen LogP contribution in [-0.4, -0.2) is 48.7 Å². The number of rotatable bonds is 9. The molecule has 0 N–H and O–H groups in total. The zero-order chi connectivity index (χ0) is 20.8. The van der Waals surface area contributed by atoms with E-state index in [1.165, 1.54) is 15.2 Å². The molecular formula is C23H29N3OS2. The summed E-state index contributed by atoms with van der Waals surface area (Å²) in [6, 6.07) is 14.6. The number of nitrogens with zero attached hydrogens (tertiary/aromatic N) is 3. The molecule has 29 heavy (non-hydrogen) atoms. The summed E-state index contributed by atoms with van der Waals surface area (Å²) >= 11 is 3.44. The van der Waals surface area contributed by atoms with Gasteiger partial charge in [0.05, 0.1) is 10.2 Å². The Morgan fingerprint density at radius 3 is 2.45 bits per heavy atom. The fourth-order valence-electron chi connectivity index (χ4n) is 3.06. The van der Waals surface area contributed by atoms with Gasteiger partial charge in [-0.1, -0.05) is 41.7 Å². The molecule has 154 valence electrons. The van der Waals surface area contributed by atoms with Crippen molar-refractivity contribution in [1.29, 1.82) is 0 Å². The molecule has 0 aliphatic carbocycles. The van der Waals surface area contributed by atoms with Gasteiger partial charge in [0.15, 0.2) is 5.13 Å². The smallest absolute Gasteiger partial charge is 0.228 e. The third-order valence-electron chi connectivity index (χ3n) is 4.78. The number of carbonyl (C=O) groups is 1. The number of aryl methyl sites for hydroxylation is 2. The van der Waals surface area contributed by atoms with Crippen molar-refractivity contribution in [3.05, 3.63) is 53.6 Å². The van der Waals surface area contributed by atoms with E-state index in [2.05, 4.69) is 43.0 Å². The van der Waals surface area contributed by atoms with E-state index >= 15 is 0 Å². The van der Waals surface area contributed by atoms with Gasteiger partial charge in [0.2, 0.25) is 5.91 Å². The average Bonchev–Trinajstić information content (AvgIpc) is 3.15. The Labute approximate surface area is 181 Å². The summed E-state index contributed by atoms with van der Waals surface area (Å²) in [5.41, 5.74) is 3.40. The predicted molar refractivity (Wildman–Crippen MR) is 126 cm³/mol. The van der Waals surface area contributed by atoms with Gasteiger partial charge in [0, 0.05) is 24.4 Å². The molecule has 3 aromatic rings. The lowest BCUT2D eigenvalue weighted by Crippen LogP contribution is -2.36. The number of thiazole rings is 1. The van der Waals surface area contributed by atoms with Gasteiger partial charge in [-0.3, -0.25) is 9.69 Å². The van der Waals surface area contributed by atoms with E-state index < -0.39 is 0 Å². The fraction of sp³-hybridized carbons (Fsp3) is 0.391. The van der Waals surface area contributed by atoms with Crippen LogP contribution in [0.25, 0.3) is 10.2 Å². The Balaban J connectivity index is 1.70. The maximum atomic E-state index is 13.1. The normalized spacial score (nSPS) is 11.3. The summed E-state index contributed by atoms with van der Waals surface area (Å²) in [6.07, 6.45) is 1.40. The monoisotopic (exact) mass is 427 g/mol. The van der Waals surface area contributed by atoms with Crippen molar-refractivity contribution in [2.75, 3.05) is 37.8 Å². The van der Waals surface area contributed by atoms with Crippen LogP contribution in [0.1, 0.15) is 24.0 Å². The Morgan fingerprint density at radius 2 is 1.76 bits per heavy atom. The lowest BCUT2D eigenvalue weighted by Gasteiger charge is -2.22. The van der Waals surface area contributed by atoms with Crippen molar-refractivity contribution in [3.8, 4) is 0 Å². The second-order valence-corrected chi connectivity index (χ2v) is 9.63. The molecular weight excluding hydrogens is 398 g/mol. The van der Waals surface area contributed by atoms with Gasteiger partial charge >= 0.3 is 0 Å². The molecule has 0 spiro atoms. The Morgan fingerprint density at radius 1 is 1.03 bits per heavy atom. The van der Waals surface area contributed by atoms with E-state index in [4.69, 9.17) is 4.98 Å². The first-order valence-electron chi connectivity index (χ1n) is 9.95. The summed E-state index contributed by atoms with van der Waals surface area (Å²) in [7, 11) is 4.07. The topological polar surface area (TPSA) is 36.4 Å². The molecule has 3 rings (SSSR count). The van der Waals surface area contributed by atoms with Crippen molar-refractivity contribution in [2.45, 2.75) is 31.6 Å². The molecule has 6 heteroatoms. The number of likely N-dealkylation sites (N-methyl/N-ethyl adjacent to an activating group) is 1. The van der Waals surface area contributed by atoms with Crippen molar-refractivity contribution in [2.24, 2.45) is 0 Å². The van der Waals surface area contributed by atoms with Crippen LogP contribution in [0.4, 0.5) is 5.13 Å². The largest absolute Gasteiger partial charge is 0.308 e.